The molecule has 1 fully saturated rings. The van der Waals surface area contributed by atoms with Crippen LogP contribution >= 0.6 is 0 Å². The van der Waals surface area contributed by atoms with Gasteiger partial charge in [0.2, 0.25) is 6.29 Å². The van der Waals surface area contributed by atoms with Crippen molar-refractivity contribution in [3.63, 3.8) is 0 Å². The summed E-state index contributed by atoms with van der Waals surface area (Å²) >= 11 is 0. The lowest BCUT2D eigenvalue weighted by Crippen LogP contribution is -2.77. The van der Waals surface area contributed by atoms with Gasteiger partial charge >= 0.3 is 35.5 Å². The van der Waals surface area contributed by atoms with Gasteiger partial charge in [0.15, 0.2) is 12.2 Å². The van der Waals surface area contributed by atoms with Crippen LogP contribution < -0.4 is 0 Å². The number of carbonyl (C=O) groups is 4. The molecule has 3 N–H and O–H groups in total. The summed E-state index contributed by atoms with van der Waals surface area (Å²) < 4.78 is 23.6. The second-order valence-corrected chi connectivity index (χ2v) is 5.43. The number of aliphatic hydroxyl groups is 3. The third kappa shape index (κ3) is 4.46. The van der Waals surface area contributed by atoms with Gasteiger partial charge in [0, 0.05) is 27.7 Å². The zero-order chi connectivity index (χ0) is 20.3. The first-order valence-electron chi connectivity index (χ1n) is 7.31. The summed E-state index contributed by atoms with van der Waals surface area (Å²) in [7, 11) is 0. The van der Waals surface area contributed by atoms with Crippen molar-refractivity contribution in [3.8, 4) is 0 Å². The SMILES string of the molecule is CC(=O)OC[C@H]1O[C@@H](OC(C)=O)[C@H](O)[C@@](O)(OC(C)=O)[C@]1(O)OC(C)=O. The average molecular weight is 380 g/mol. The molecule has 0 aromatic rings. The van der Waals surface area contributed by atoms with Crippen molar-refractivity contribution in [1.82, 2.24) is 0 Å². The Bertz CT molecular complexity index is 568. The van der Waals surface area contributed by atoms with Gasteiger partial charge in [0.05, 0.1) is 0 Å². The minimum Gasteiger partial charge on any atom is -0.463 e. The Labute approximate surface area is 147 Å². The summed E-state index contributed by atoms with van der Waals surface area (Å²) in [6.07, 6.45) is -6.23. The molecule has 0 aromatic carbocycles. The molecule has 5 atom stereocenters. The zero-order valence-corrected chi connectivity index (χ0v) is 14.5. The summed E-state index contributed by atoms with van der Waals surface area (Å²) in [5.74, 6) is -10.6. The lowest BCUT2D eigenvalue weighted by molar-refractivity contribution is -0.465. The standard InChI is InChI=1S/C14H20O12/c1-6(15)22-5-10-13(20,25-8(3)17)14(21,26-9(4)18)11(19)12(24-10)23-7(2)16/h10-12,19-21H,5H2,1-4H3/t10-,11+,12-,13-,14-/m1/s1. The zero-order valence-electron chi connectivity index (χ0n) is 14.5. The average Bonchev–Trinajstić information content (AvgIpc) is 2.45. The maximum Gasteiger partial charge on any atom is 0.312 e. The van der Waals surface area contributed by atoms with Crippen LogP contribution in [0.3, 0.4) is 0 Å². The first-order valence-corrected chi connectivity index (χ1v) is 7.31. The van der Waals surface area contributed by atoms with Crippen molar-refractivity contribution in [2.45, 2.75) is 57.8 Å². The van der Waals surface area contributed by atoms with Crippen LogP contribution in [0.2, 0.25) is 0 Å². The Morgan fingerprint density at radius 1 is 0.885 bits per heavy atom. The van der Waals surface area contributed by atoms with E-state index in [-0.39, 0.29) is 0 Å². The molecular weight excluding hydrogens is 360 g/mol. The van der Waals surface area contributed by atoms with Crippen LogP contribution in [-0.4, -0.2) is 75.9 Å². The van der Waals surface area contributed by atoms with E-state index >= 15 is 0 Å². The van der Waals surface area contributed by atoms with E-state index in [1.54, 1.807) is 0 Å². The van der Waals surface area contributed by atoms with E-state index in [9.17, 15) is 34.5 Å². The molecule has 0 aliphatic carbocycles. The molecule has 1 saturated heterocycles. The molecule has 0 unspecified atom stereocenters. The lowest BCUT2D eigenvalue weighted by Gasteiger charge is -2.51. The number of aliphatic hydroxyl groups excluding tert-OH is 1. The number of hydrogen-bond donors (Lipinski definition) is 3. The molecule has 0 saturated carbocycles. The Kier molecular flexibility index (Phi) is 6.65. The van der Waals surface area contributed by atoms with Crippen LogP contribution in [0, 0.1) is 0 Å². The molecule has 1 heterocycles. The smallest absolute Gasteiger partial charge is 0.312 e. The second kappa shape index (κ2) is 7.95. The predicted octanol–water partition coefficient (Wildman–Crippen LogP) is -2.30. The monoisotopic (exact) mass is 380 g/mol. The minimum absolute atomic E-state index is 0.812. The van der Waals surface area contributed by atoms with Crippen LogP contribution in [-0.2, 0) is 42.9 Å². The summed E-state index contributed by atoms with van der Waals surface area (Å²) in [4.78, 5) is 44.9. The molecule has 148 valence electrons. The van der Waals surface area contributed by atoms with Crippen LogP contribution in [0.15, 0.2) is 0 Å². The van der Waals surface area contributed by atoms with Crippen LogP contribution in [0.1, 0.15) is 27.7 Å². The fraction of sp³-hybridized carbons (Fsp3) is 0.714. The lowest BCUT2D eigenvalue weighted by atomic mass is 9.90. The topological polar surface area (TPSA) is 175 Å². The molecule has 12 nitrogen and oxygen atoms in total. The fourth-order valence-corrected chi connectivity index (χ4v) is 2.27. The van der Waals surface area contributed by atoms with E-state index in [1.807, 2.05) is 0 Å². The molecule has 0 bridgehead atoms. The summed E-state index contributed by atoms with van der Waals surface area (Å²) in [6, 6.07) is 0. The second-order valence-electron chi connectivity index (χ2n) is 5.43. The third-order valence-electron chi connectivity index (χ3n) is 3.23. The molecular formula is C14H20O12. The van der Waals surface area contributed by atoms with Gasteiger partial charge in [-0.15, -0.1) is 0 Å². The van der Waals surface area contributed by atoms with Crippen molar-refractivity contribution in [2.75, 3.05) is 6.61 Å². The first-order chi connectivity index (χ1) is 11.8. The number of rotatable bonds is 5. The van der Waals surface area contributed by atoms with E-state index in [0.717, 1.165) is 27.7 Å². The maximum atomic E-state index is 11.4. The highest BCUT2D eigenvalue weighted by molar-refractivity contribution is 5.68. The highest BCUT2D eigenvalue weighted by Gasteiger charge is 2.72. The molecule has 1 aliphatic heterocycles. The molecule has 0 amide bonds. The van der Waals surface area contributed by atoms with E-state index in [4.69, 9.17) is 4.74 Å². The van der Waals surface area contributed by atoms with Crippen molar-refractivity contribution in [3.05, 3.63) is 0 Å². The van der Waals surface area contributed by atoms with Gasteiger partial charge in [-0.3, -0.25) is 19.2 Å². The molecule has 0 spiro atoms. The van der Waals surface area contributed by atoms with E-state index in [1.165, 1.54) is 0 Å². The van der Waals surface area contributed by atoms with Gasteiger partial charge in [-0.2, -0.15) is 0 Å². The largest absolute Gasteiger partial charge is 0.463 e. The predicted molar refractivity (Wildman–Crippen MR) is 76.5 cm³/mol. The van der Waals surface area contributed by atoms with Gasteiger partial charge in [0.25, 0.3) is 0 Å². The Hall–Kier alpha value is -2.28. The molecule has 0 aromatic heterocycles. The van der Waals surface area contributed by atoms with Crippen molar-refractivity contribution < 1.29 is 58.2 Å². The maximum absolute atomic E-state index is 11.4. The molecule has 0 radical (unpaired) electrons. The van der Waals surface area contributed by atoms with Crippen LogP contribution in [0.5, 0.6) is 0 Å². The Balaban J connectivity index is 3.42. The van der Waals surface area contributed by atoms with Crippen LogP contribution in [0.4, 0.5) is 0 Å². The molecule has 1 rings (SSSR count). The number of ether oxygens (including phenoxy) is 5. The van der Waals surface area contributed by atoms with Crippen molar-refractivity contribution >= 4 is 23.9 Å². The summed E-state index contributed by atoms with van der Waals surface area (Å²) in [6.45, 7) is 2.84. The minimum atomic E-state index is -3.31. The van der Waals surface area contributed by atoms with E-state index in [0.29, 0.717) is 0 Å². The highest BCUT2D eigenvalue weighted by Crippen LogP contribution is 2.41. The van der Waals surface area contributed by atoms with Gasteiger partial charge in [-0.1, -0.05) is 0 Å². The van der Waals surface area contributed by atoms with Gasteiger partial charge in [0.1, 0.15) is 6.61 Å². The van der Waals surface area contributed by atoms with E-state index < -0.39 is 60.6 Å². The third-order valence-corrected chi connectivity index (χ3v) is 3.23. The van der Waals surface area contributed by atoms with Crippen LogP contribution in [0.25, 0.3) is 0 Å². The molecule has 12 heteroatoms. The fourth-order valence-electron chi connectivity index (χ4n) is 2.27. The van der Waals surface area contributed by atoms with Gasteiger partial charge in [-0.05, 0) is 0 Å². The van der Waals surface area contributed by atoms with Crippen molar-refractivity contribution in [1.29, 1.82) is 0 Å². The number of esters is 4. The number of hydrogen-bond acceptors (Lipinski definition) is 12. The normalized spacial score (nSPS) is 33.7. The molecule has 1 aliphatic rings. The Morgan fingerprint density at radius 2 is 1.38 bits per heavy atom. The van der Waals surface area contributed by atoms with Gasteiger partial charge < -0.3 is 39.0 Å². The summed E-state index contributed by atoms with van der Waals surface area (Å²) in [5, 5.41) is 31.6. The van der Waals surface area contributed by atoms with Crippen molar-refractivity contribution in [2.24, 2.45) is 0 Å². The van der Waals surface area contributed by atoms with Gasteiger partial charge in [-0.25, -0.2) is 0 Å². The molecule has 26 heavy (non-hydrogen) atoms. The first kappa shape index (κ1) is 21.8. The quantitative estimate of drug-likeness (QED) is 0.265. The van der Waals surface area contributed by atoms with E-state index in [2.05, 4.69) is 18.9 Å². The highest BCUT2D eigenvalue weighted by atomic mass is 16.8. The Morgan fingerprint density at radius 3 is 1.81 bits per heavy atom. The number of carbonyl (C=O) groups excluding carboxylic acids is 4. The summed E-state index contributed by atoms with van der Waals surface area (Å²) in [5.41, 5.74) is 0.